The van der Waals surface area contributed by atoms with Crippen molar-refractivity contribution in [3.05, 3.63) is 23.3 Å². The number of fused-ring (bicyclic) bond motifs is 5. The third-order valence-corrected chi connectivity index (χ3v) is 10.8. The van der Waals surface area contributed by atoms with E-state index in [9.17, 15) is 4.79 Å². The maximum Gasteiger partial charge on any atom is 0.139 e. The SMILES string of the molecule is C[C@]12CC[C@H]3[C@@H](CC=C4C=C(C5CCCN5)CC(C5CCCN5)[C@@]43C)[C@@H]1CCC2=O. The first-order valence-corrected chi connectivity index (χ1v) is 12.9. The predicted molar refractivity (Wildman–Crippen MR) is 121 cm³/mol. The van der Waals surface area contributed by atoms with Crippen molar-refractivity contribution in [1.29, 1.82) is 0 Å². The van der Waals surface area contributed by atoms with Crippen molar-refractivity contribution in [3.63, 3.8) is 0 Å². The monoisotopic (exact) mass is 408 g/mol. The largest absolute Gasteiger partial charge is 0.314 e. The Balaban J connectivity index is 1.40. The second-order valence-electron chi connectivity index (χ2n) is 11.9. The van der Waals surface area contributed by atoms with Crippen LogP contribution in [0.2, 0.25) is 0 Å². The van der Waals surface area contributed by atoms with Gasteiger partial charge in [-0.15, -0.1) is 0 Å². The van der Waals surface area contributed by atoms with E-state index in [2.05, 4.69) is 36.6 Å². The third kappa shape index (κ3) is 2.67. The summed E-state index contributed by atoms with van der Waals surface area (Å²) in [5.74, 6) is 3.37. The van der Waals surface area contributed by atoms with E-state index in [1.807, 2.05) is 0 Å². The summed E-state index contributed by atoms with van der Waals surface area (Å²) in [4.78, 5) is 12.8. The van der Waals surface area contributed by atoms with Crippen molar-refractivity contribution >= 4 is 5.78 Å². The molecule has 0 bridgehead atoms. The van der Waals surface area contributed by atoms with Crippen molar-refractivity contribution in [3.8, 4) is 0 Å². The Morgan fingerprint density at radius 3 is 2.57 bits per heavy atom. The molecule has 0 radical (unpaired) electrons. The highest BCUT2D eigenvalue weighted by atomic mass is 16.1. The van der Waals surface area contributed by atoms with Crippen LogP contribution in [-0.2, 0) is 4.79 Å². The molecule has 3 nitrogen and oxygen atoms in total. The van der Waals surface area contributed by atoms with Crippen LogP contribution >= 0.6 is 0 Å². The smallest absolute Gasteiger partial charge is 0.139 e. The lowest BCUT2D eigenvalue weighted by atomic mass is 9.45. The molecule has 0 aromatic carbocycles. The highest BCUT2D eigenvalue weighted by molar-refractivity contribution is 5.87. The molecule has 2 N–H and O–H groups in total. The number of carbonyl (C=O) groups is 1. The van der Waals surface area contributed by atoms with Gasteiger partial charge in [-0.1, -0.05) is 31.6 Å². The average molecular weight is 409 g/mol. The van der Waals surface area contributed by atoms with Gasteiger partial charge in [0.2, 0.25) is 0 Å². The maximum atomic E-state index is 12.8. The molecule has 6 rings (SSSR count). The molecule has 2 saturated carbocycles. The second kappa shape index (κ2) is 7.04. The Labute approximate surface area is 182 Å². The minimum Gasteiger partial charge on any atom is -0.314 e. The first-order valence-electron chi connectivity index (χ1n) is 12.9. The van der Waals surface area contributed by atoms with Crippen LogP contribution in [0, 0.1) is 34.5 Å². The van der Waals surface area contributed by atoms with Gasteiger partial charge in [0.15, 0.2) is 0 Å². The molecule has 164 valence electrons. The van der Waals surface area contributed by atoms with Crippen LogP contribution in [0.4, 0.5) is 0 Å². The molecule has 2 aliphatic heterocycles. The number of ketones is 1. The van der Waals surface area contributed by atoms with E-state index in [0.717, 1.165) is 25.2 Å². The molecule has 6 aliphatic rings. The van der Waals surface area contributed by atoms with Crippen molar-refractivity contribution in [1.82, 2.24) is 10.6 Å². The van der Waals surface area contributed by atoms with Gasteiger partial charge in [-0.3, -0.25) is 4.79 Å². The zero-order chi connectivity index (χ0) is 20.5. The molecule has 8 atom stereocenters. The summed E-state index contributed by atoms with van der Waals surface area (Å²) in [6, 6.07) is 1.28. The average Bonchev–Trinajstić information content (AvgIpc) is 3.49. The van der Waals surface area contributed by atoms with Crippen molar-refractivity contribution < 1.29 is 4.79 Å². The molecule has 3 unspecified atom stereocenters. The predicted octanol–water partition coefficient (Wildman–Crippen LogP) is 4.78. The number of carbonyl (C=O) groups excluding carboxylic acids is 1. The molecular formula is C27H40N2O. The van der Waals surface area contributed by atoms with Crippen molar-refractivity contribution in [2.45, 2.75) is 90.1 Å². The standard InChI is InChI=1S/C27H40N2O/c1-26-12-11-21-19(20(26)9-10-25(26)30)8-7-18-15-17(23-5-3-13-28-23)16-22(27(18,21)2)24-6-4-14-29-24/h7,15,19-24,28-29H,3-6,8-14,16H2,1-2H3/t19-,20-,21-,22?,23?,24?,26-,27-/m0/s1. The fourth-order valence-corrected chi connectivity index (χ4v) is 9.12. The van der Waals surface area contributed by atoms with Gasteiger partial charge in [0, 0.05) is 23.9 Å². The maximum absolute atomic E-state index is 12.8. The Kier molecular flexibility index (Phi) is 4.63. The minimum atomic E-state index is -0.0204. The molecule has 0 aromatic rings. The topological polar surface area (TPSA) is 41.1 Å². The lowest BCUT2D eigenvalue weighted by Crippen LogP contribution is -2.55. The molecule has 4 fully saturated rings. The Bertz CT molecular complexity index is 787. The Morgan fingerprint density at radius 2 is 1.80 bits per heavy atom. The van der Waals surface area contributed by atoms with E-state index < -0.39 is 0 Å². The number of nitrogens with one attached hydrogen (secondary N) is 2. The van der Waals surface area contributed by atoms with Crippen molar-refractivity contribution in [2.24, 2.45) is 34.5 Å². The molecule has 0 amide bonds. The van der Waals surface area contributed by atoms with Crippen molar-refractivity contribution in [2.75, 3.05) is 13.1 Å². The molecule has 2 heterocycles. The molecule has 0 spiro atoms. The number of allylic oxidation sites excluding steroid dienone is 3. The lowest BCUT2D eigenvalue weighted by molar-refractivity contribution is -0.132. The first kappa shape index (κ1) is 19.7. The van der Waals surface area contributed by atoms with Gasteiger partial charge in [0.25, 0.3) is 0 Å². The fraction of sp³-hybridized carbons (Fsp3) is 0.815. The summed E-state index contributed by atoms with van der Waals surface area (Å²) >= 11 is 0. The van der Waals surface area contributed by atoms with Gasteiger partial charge in [0.1, 0.15) is 5.78 Å². The number of rotatable bonds is 2. The van der Waals surface area contributed by atoms with Crippen LogP contribution in [-0.4, -0.2) is 31.0 Å². The van der Waals surface area contributed by atoms with E-state index in [4.69, 9.17) is 0 Å². The fourth-order valence-electron chi connectivity index (χ4n) is 9.12. The molecule has 4 aliphatic carbocycles. The molecular weight excluding hydrogens is 368 g/mol. The van der Waals surface area contributed by atoms with E-state index in [1.165, 1.54) is 58.0 Å². The van der Waals surface area contributed by atoms with Gasteiger partial charge < -0.3 is 10.6 Å². The summed E-state index contributed by atoms with van der Waals surface area (Å²) in [6.07, 6.45) is 17.4. The lowest BCUT2D eigenvalue weighted by Gasteiger charge is -2.59. The summed E-state index contributed by atoms with van der Waals surface area (Å²) in [7, 11) is 0. The zero-order valence-electron chi connectivity index (χ0n) is 19.0. The zero-order valence-corrected chi connectivity index (χ0v) is 19.0. The summed E-state index contributed by atoms with van der Waals surface area (Å²) < 4.78 is 0. The van der Waals surface area contributed by atoms with Gasteiger partial charge >= 0.3 is 0 Å². The molecule has 30 heavy (non-hydrogen) atoms. The van der Waals surface area contributed by atoms with Crippen LogP contribution in [0.25, 0.3) is 0 Å². The highest BCUT2D eigenvalue weighted by Crippen LogP contribution is 2.65. The van der Waals surface area contributed by atoms with Crippen LogP contribution in [0.1, 0.15) is 78.1 Å². The second-order valence-corrected chi connectivity index (χ2v) is 11.9. The quantitative estimate of drug-likeness (QED) is 0.690. The number of Topliss-reactive ketones (excluding diaryl/α,β-unsaturated/α-hetero) is 1. The summed E-state index contributed by atoms with van der Waals surface area (Å²) in [5, 5.41) is 7.71. The first-order chi connectivity index (χ1) is 14.5. The summed E-state index contributed by atoms with van der Waals surface area (Å²) in [6.45, 7) is 7.32. The van der Waals surface area contributed by atoms with Gasteiger partial charge in [-0.05, 0) is 106 Å². The minimum absolute atomic E-state index is 0.0204. The van der Waals surface area contributed by atoms with E-state index >= 15 is 0 Å². The molecule has 0 aromatic heterocycles. The number of hydrogen-bond acceptors (Lipinski definition) is 3. The normalized spacial score (nSPS) is 50.5. The molecule has 2 saturated heterocycles. The van der Waals surface area contributed by atoms with Gasteiger partial charge in [-0.2, -0.15) is 0 Å². The Morgan fingerprint density at radius 1 is 0.967 bits per heavy atom. The number of hydrogen-bond donors (Lipinski definition) is 2. The van der Waals surface area contributed by atoms with E-state index in [-0.39, 0.29) is 10.8 Å². The van der Waals surface area contributed by atoms with Crippen LogP contribution < -0.4 is 10.6 Å². The summed E-state index contributed by atoms with van der Waals surface area (Å²) in [5.41, 5.74) is 3.60. The van der Waals surface area contributed by atoms with Gasteiger partial charge in [-0.25, -0.2) is 0 Å². The van der Waals surface area contributed by atoms with Crippen LogP contribution in [0.5, 0.6) is 0 Å². The van der Waals surface area contributed by atoms with E-state index in [0.29, 0.717) is 35.6 Å². The van der Waals surface area contributed by atoms with Crippen LogP contribution in [0.3, 0.4) is 0 Å². The highest BCUT2D eigenvalue weighted by Gasteiger charge is 2.60. The van der Waals surface area contributed by atoms with E-state index in [1.54, 1.807) is 11.1 Å². The Hall–Kier alpha value is -0.930. The van der Waals surface area contributed by atoms with Crippen LogP contribution in [0.15, 0.2) is 23.3 Å². The third-order valence-electron chi connectivity index (χ3n) is 10.8. The van der Waals surface area contributed by atoms with Gasteiger partial charge in [0.05, 0.1) is 0 Å². The molecule has 3 heteroatoms.